The highest BCUT2D eigenvalue weighted by atomic mass is 16.5. The van der Waals surface area contributed by atoms with Gasteiger partial charge in [0, 0.05) is 23.9 Å². The van der Waals surface area contributed by atoms with Crippen molar-refractivity contribution in [2.75, 3.05) is 25.5 Å². The highest BCUT2D eigenvalue weighted by Crippen LogP contribution is 2.31. The third-order valence-corrected chi connectivity index (χ3v) is 5.13. The first kappa shape index (κ1) is 21.9. The van der Waals surface area contributed by atoms with Crippen LogP contribution >= 0.6 is 0 Å². The molecule has 2 aromatic rings. The summed E-state index contributed by atoms with van der Waals surface area (Å²) in [7, 11) is 1.62. The molecule has 30 heavy (non-hydrogen) atoms. The smallest absolute Gasteiger partial charge is 0.245 e. The average molecular weight is 413 g/mol. The van der Waals surface area contributed by atoms with Crippen LogP contribution in [0, 0.1) is 5.92 Å². The van der Waals surface area contributed by atoms with Gasteiger partial charge < -0.3 is 15.0 Å². The van der Waals surface area contributed by atoms with Gasteiger partial charge in [-0.25, -0.2) is 4.68 Å². The lowest BCUT2D eigenvalue weighted by Gasteiger charge is -2.21. The number of aromatic nitrogens is 2. The Hall–Kier alpha value is -2.83. The van der Waals surface area contributed by atoms with Crippen LogP contribution < -0.4 is 10.1 Å². The zero-order valence-electron chi connectivity index (χ0n) is 18.6. The van der Waals surface area contributed by atoms with Crippen molar-refractivity contribution in [3.63, 3.8) is 0 Å². The van der Waals surface area contributed by atoms with Gasteiger partial charge in [-0.2, -0.15) is 5.10 Å². The molecule has 1 aromatic carbocycles. The van der Waals surface area contributed by atoms with E-state index in [1.54, 1.807) is 16.7 Å². The van der Waals surface area contributed by atoms with E-state index in [2.05, 4.69) is 26.1 Å². The number of carbonyl (C=O) groups is 2. The van der Waals surface area contributed by atoms with Gasteiger partial charge in [0.05, 0.1) is 25.0 Å². The normalized spacial score (nSPS) is 13.8. The number of ether oxygens (including phenoxy) is 1. The Kier molecular flexibility index (Phi) is 6.48. The minimum atomic E-state index is -0.215. The number of anilines is 1. The van der Waals surface area contributed by atoms with Crippen molar-refractivity contribution in [2.45, 2.75) is 52.4 Å². The first-order valence-corrected chi connectivity index (χ1v) is 10.6. The van der Waals surface area contributed by atoms with E-state index >= 15 is 0 Å². The van der Waals surface area contributed by atoms with Gasteiger partial charge in [-0.15, -0.1) is 0 Å². The van der Waals surface area contributed by atoms with Gasteiger partial charge in [-0.1, -0.05) is 27.7 Å². The summed E-state index contributed by atoms with van der Waals surface area (Å²) < 4.78 is 6.96. The third-order valence-electron chi connectivity index (χ3n) is 5.13. The van der Waals surface area contributed by atoms with Crippen molar-refractivity contribution >= 4 is 17.6 Å². The fourth-order valence-corrected chi connectivity index (χ4v) is 3.24. The van der Waals surface area contributed by atoms with E-state index in [9.17, 15) is 9.59 Å². The third kappa shape index (κ3) is 5.20. The van der Waals surface area contributed by atoms with Crippen LogP contribution in [0.2, 0.25) is 0 Å². The fourth-order valence-electron chi connectivity index (χ4n) is 3.24. The number of amides is 2. The molecule has 0 saturated heterocycles. The Morgan fingerprint density at radius 2 is 1.90 bits per heavy atom. The topological polar surface area (TPSA) is 76.5 Å². The van der Waals surface area contributed by atoms with Crippen molar-refractivity contribution < 1.29 is 14.3 Å². The molecule has 2 amide bonds. The molecule has 0 unspecified atom stereocenters. The van der Waals surface area contributed by atoms with Crippen LogP contribution in [0.1, 0.15) is 52.7 Å². The van der Waals surface area contributed by atoms with Crippen molar-refractivity contribution in [1.29, 1.82) is 0 Å². The predicted molar refractivity (Wildman–Crippen MR) is 117 cm³/mol. The zero-order valence-corrected chi connectivity index (χ0v) is 18.6. The summed E-state index contributed by atoms with van der Waals surface area (Å²) in [6, 6.07) is 9.41. The van der Waals surface area contributed by atoms with Crippen molar-refractivity contribution in [3.05, 3.63) is 36.0 Å². The molecule has 0 atom stereocenters. The number of benzene rings is 1. The number of rotatable bonds is 8. The summed E-state index contributed by atoms with van der Waals surface area (Å²) in [6.45, 7) is 8.90. The Morgan fingerprint density at radius 1 is 1.23 bits per heavy atom. The fraction of sp³-hybridized carbons (Fsp3) is 0.522. The summed E-state index contributed by atoms with van der Waals surface area (Å²) in [5.74, 6) is 1.31. The highest BCUT2D eigenvalue weighted by molar-refractivity contribution is 5.94. The maximum atomic E-state index is 12.8. The Bertz CT molecular complexity index is 892. The number of methoxy groups -OCH3 is 1. The maximum absolute atomic E-state index is 12.8. The first-order chi connectivity index (χ1) is 14.2. The predicted octanol–water partition coefficient (Wildman–Crippen LogP) is 3.77. The molecule has 1 aliphatic carbocycles. The lowest BCUT2D eigenvalue weighted by atomic mass is 9.92. The van der Waals surface area contributed by atoms with Crippen LogP contribution in [-0.4, -0.2) is 46.7 Å². The van der Waals surface area contributed by atoms with E-state index in [0.717, 1.165) is 36.4 Å². The van der Waals surface area contributed by atoms with Crippen molar-refractivity contribution in [1.82, 2.24) is 14.7 Å². The molecule has 0 spiro atoms. The Balaban J connectivity index is 1.83. The molecular formula is C23H32N4O3. The monoisotopic (exact) mass is 412 g/mol. The van der Waals surface area contributed by atoms with E-state index in [1.165, 1.54) is 0 Å². The lowest BCUT2D eigenvalue weighted by molar-refractivity contribution is -0.135. The summed E-state index contributed by atoms with van der Waals surface area (Å²) in [4.78, 5) is 27.0. The Labute approximate surface area is 178 Å². The molecule has 1 N–H and O–H groups in total. The van der Waals surface area contributed by atoms with Gasteiger partial charge in [0.15, 0.2) is 0 Å². The standard InChI is InChI=1S/C23H32N4O3/c1-6-13-26(22(29)16-7-8-16)15-21(28)24-20-14-19(23(2,3)4)25-27(20)17-9-11-18(30-5)12-10-17/h9-12,14,16H,6-8,13,15H2,1-5H3,(H,24,28). The average Bonchev–Trinajstić information content (AvgIpc) is 3.46. The van der Waals surface area contributed by atoms with Crippen LogP contribution in [0.3, 0.4) is 0 Å². The van der Waals surface area contributed by atoms with E-state index in [-0.39, 0.29) is 29.7 Å². The Morgan fingerprint density at radius 3 is 2.43 bits per heavy atom. The molecular weight excluding hydrogens is 380 g/mol. The van der Waals surface area contributed by atoms with Crippen LogP contribution in [0.4, 0.5) is 5.82 Å². The van der Waals surface area contributed by atoms with Gasteiger partial charge in [0.25, 0.3) is 0 Å². The van der Waals surface area contributed by atoms with E-state index < -0.39 is 0 Å². The largest absolute Gasteiger partial charge is 0.497 e. The summed E-state index contributed by atoms with van der Waals surface area (Å²) in [5, 5.41) is 7.70. The van der Waals surface area contributed by atoms with Gasteiger partial charge >= 0.3 is 0 Å². The molecule has 1 heterocycles. The number of carbonyl (C=O) groups excluding carboxylic acids is 2. The minimum Gasteiger partial charge on any atom is -0.497 e. The lowest BCUT2D eigenvalue weighted by Crippen LogP contribution is -2.39. The molecule has 1 fully saturated rings. The van der Waals surface area contributed by atoms with E-state index in [1.807, 2.05) is 37.3 Å². The second-order valence-corrected chi connectivity index (χ2v) is 8.86. The molecule has 0 radical (unpaired) electrons. The van der Waals surface area contributed by atoms with Crippen LogP contribution in [0.5, 0.6) is 5.75 Å². The molecule has 3 rings (SSSR count). The molecule has 162 valence electrons. The van der Waals surface area contributed by atoms with Crippen molar-refractivity contribution in [2.24, 2.45) is 5.92 Å². The zero-order chi connectivity index (χ0) is 21.9. The van der Waals surface area contributed by atoms with Crippen LogP contribution in [0.25, 0.3) is 5.69 Å². The van der Waals surface area contributed by atoms with Gasteiger partial charge in [0.1, 0.15) is 11.6 Å². The quantitative estimate of drug-likeness (QED) is 0.716. The first-order valence-electron chi connectivity index (χ1n) is 10.6. The van der Waals surface area contributed by atoms with Crippen molar-refractivity contribution in [3.8, 4) is 11.4 Å². The van der Waals surface area contributed by atoms with Gasteiger partial charge in [-0.3, -0.25) is 9.59 Å². The molecule has 1 aromatic heterocycles. The second kappa shape index (κ2) is 8.90. The maximum Gasteiger partial charge on any atom is 0.245 e. The molecule has 1 aliphatic rings. The number of nitrogens with one attached hydrogen (secondary N) is 1. The number of hydrogen-bond donors (Lipinski definition) is 1. The second-order valence-electron chi connectivity index (χ2n) is 8.86. The number of nitrogens with zero attached hydrogens (tertiary/aromatic N) is 3. The summed E-state index contributed by atoms with van der Waals surface area (Å²) >= 11 is 0. The van der Waals surface area contributed by atoms with Crippen LogP contribution in [-0.2, 0) is 15.0 Å². The molecule has 7 nitrogen and oxygen atoms in total. The SMILES string of the molecule is CCCN(CC(=O)Nc1cc(C(C)(C)C)nn1-c1ccc(OC)cc1)C(=O)C1CC1. The van der Waals surface area contributed by atoms with Crippen LogP contribution in [0.15, 0.2) is 30.3 Å². The number of hydrogen-bond acceptors (Lipinski definition) is 4. The van der Waals surface area contributed by atoms with E-state index in [0.29, 0.717) is 12.4 Å². The minimum absolute atomic E-state index is 0.0574. The van der Waals surface area contributed by atoms with Gasteiger partial charge in [0.2, 0.25) is 11.8 Å². The molecule has 0 aliphatic heterocycles. The van der Waals surface area contributed by atoms with Gasteiger partial charge in [-0.05, 0) is 43.5 Å². The van der Waals surface area contributed by atoms with E-state index in [4.69, 9.17) is 9.84 Å². The summed E-state index contributed by atoms with van der Waals surface area (Å²) in [5.41, 5.74) is 1.52. The summed E-state index contributed by atoms with van der Waals surface area (Å²) in [6.07, 6.45) is 2.68. The molecule has 7 heteroatoms. The molecule has 1 saturated carbocycles. The molecule has 0 bridgehead atoms. The highest BCUT2D eigenvalue weighted by Gasteiger charge is 2.34.